The van der Waals surface area contributed by atoms with Crippen LogP contribution in [0.15, 0.2) is 35.4 Å². The quantitative estimate of drug-likeness (QED) is 0.406. The highest BCUT2D eigenvalue weighted by molar-refractivity contribution is 14.1. The Hall–Kier alpha value is -2.09. The van der Waals surface area contributed by atoms with Crippen molar-refractivity contribution in [2.24, 2.45) is 5.10 Å². The van der Waals surface area contributed by atoms with Crippen molar-refractivity contribution < 1.29 is 14.6 Å². The Morgan fingerprint density at radius 1 is 1.32 bits per heavy atom. The van der Waals surface area contributed by atoms with E-state index >= 15 is 0 Å². The van der Waals surface area contributed by atoms with Crippen molar-refractivity contribution >= 4 is 34.7 Å². The minimum Gasteiger partial charge on any atom is -0.507 e. The summed E-state index contributed by atoms with van der Waals surface area (Å²) in [6, 6.07) is 8.72. The highest BCUT2D eigenvalue weighted by atomic mass is 127. The van der Waals surface area contributed by atoms with Crippen LogP contribution < -0.4 is 10.2 Å². The summed E-state index contributed by atoms with van der Waals surface area (Å²) in [6.07, 6.45) is 1.62. The van der Waals surface area contributed by atoms with Crippen molar-refractivity contribution in [2.75, 3.05) is 7.11 Å². The van der Waals surface area contributed by atoms with Gasteiger partial charge in [-0.25, -0.2) is 5.43 Å². The van der Waals surface area contributed by atoms with Crippen LogP contribution in [-0.2, 0) is 0 Å². The number of carbonyl (C=O) groups excluding carboxylic acids is 1. The summed E-state index contributed by atoms with van der Waals surface area (Å²) in [6.45, 7) is 6.16. The summed E-state index contributed by atoms with van der Waals surface area (Å²) in [4.78, 5) is 12.1. The molecule has 2 rings (SSSR count). The van der Waals surface area contributed by atoms with Gasteiger partial charge in [0.1, 0.15) is 11.5 Å². The van der Waals surface area contributed by atoms with Crippen LogP contribution in [0.2, 0.25) is 0 Å². The molecule has 6 heteroatoms. The molecular formula is C19H21IN2O3. The Morgan fingerprint density at radius 3 is 2.64 bits per heavy atom. The van der Waals surface area contributed by atoms with Gasteiger partial charge in [0, 0.05) is 5.56 Å². The first kappa shape index (κ1) is 19.2. The molecule has 0 unspecified atom stereocenters. The average Bonchev–Trinajstić information content (AvgIpc) is 2.57. The van der Waals surface area contributed by atoms with Gasteiger partial charge in [0.2, 0.25) is 0 Å². The van der Waals surface area contributed by atoms with Crippen LogP contribution in [0.25, 0.3) is 0 Å². The number of aromatic hydroxyl groups is 1. The molecule has 5 nitrogen and oxygen atoms in total. The molecule has 0 atom stereocenters. The standard InChI is InChI=1S/C19H21IN2O3/c1-11(2)15-8-14(12(3)7-18(15)25-4)10-21-22-19(24)13-5-6-16(20)17(23)9-13/h5-11,23H,1-4H3,(H,22,24)/b21-10-. The molecule has 132 valence electrons. The molecule has 0 saturated carbocycles. The molecule has 0 aromatic heterocycles. The molecule has 2 N–H and O–H groups in total. The minimum atomic E-state index is -0.377. The normalized spacial score (nSPS) is 11.1. The lowest BCUT2D eigenvalue weighted by Gasteiger charge is -2.14. The number of methoxy groups -OCH3 is 1. The second-order valence-corrected chi connectivity index (χ2v) is 7.13. The van der Waals surface area contributed by atoms with E-state index in [2.05, 4.69) is 24.4 Å². The Kier molecular flexibility index (Phi) is 6.41. The molecule has 0 aliphatic rings. The van der Waals surface area contributed by atoms with E-state index in [1.54, 1.807) is 25.5 Å². The SMILES string of the molecule is COc1cc(C)c(/C=N\NC(=O)c2ccc(I)c(O)c2)cc1C(C)C. The smallest absolute Gasteiger partial charge is 0.271 e. The molecule has 0 aliphatic carbocycles. The van der Waals surface area contributed by atoms with Gasteiger partial charge >= 0.3 is 0 Å². The fraction of sp³-hybridized carbons (Fsp3) is 0.263. The molecular weight excluding hydrogens is 431 g/mol. The van der Waals surface area contributed by atoms with E-state index in [9.17, 15) is 9.90 Å². The van der Waals surface area contributed by atoms with Gasteiger partial charge in [-0.1, -0.05) is 13.8 Å². The maximum Gasteiger partial charge on any atom is 0.271 e. The zero-order valence-corrected chi connectivity index (χ0v) is 16.8. The zero-order chi connectivity index (χ0) is 18.6. The first-order valence-electron chi connectivity index (χ1n) is 7.84. The molecule has 0 heterocycles. The van der Waals surface area contributed by atoms with Crippen molar-refractivity contribution in [3.63, 3.8) is 0 Å². The summed E-state index contributed by atoms with van der Waals surface area (Å²) < 4.78 is 6.11. The number of aryl methyl sites for hydroxylation is 1. The maximum atomic E-state index is 12.1. The zero-order valence-electron chi connectivity index (χ0n) is 14.6. The Balaban J connectivity index is 2.17. The minimum absolute atomic E-state index is 0.0739. The molecule has 0 spiro atoms. The van der Waals surface area contributed by atoms with E-state index in [1.165, 1.54) is 6.07 Å². The third kappa shape index (κ3) is 4.72. The summed E-state index contributed by atoms with van der Waals surface area (Å²) in [5, 5.41) is 13.7. The van der Waals surface area contributed by atoms with Crippen molar-refractivity contribution in [3.05, 3.63) is 56.2 Å². The number of phenols is 1. The molecule has 25 heavy (non-hydrogen) atoms. The van der Waals surface area contributed by atoms with E-state index in [1.807, 2.05) is 41.6 Å². The van der Waals surface area contributed by atoms with Gasteiger partial charge in [0.15, 0.2) is 0 Å². The van der Waals surface area contributed by atoms with Crippen LogP contribution >= 0.6 is 22.6 Å². The number of benzene rings is 2. The number of hydrazone groups is 1. The number of hydrogen-bond acceptors (Lipinski definition) is 4. The molecule has 0 aliphatic heterocycles. The number of carbonyl (C=O) groups is 1. The van der Waals surface area contributed by atoms with E-state index in [0.29, 0.717) is 15.1 Å². The first-order chi connectivity index (χ1) is 11.8. The molecule has 0 bridgehead atoms. The number of halogens is 1. The third-order valence-electron chi connectivity index (χ3n) is 3.82. The molecule has 1 amide bonds. The van der Waals surface area contributed by atoms with Crippen LogP contribution in [0.3, 0.4) is 0 Å². The van der Waals surface area contributed by atoms with Gasteiger partial charge in [-0.2, -0.15) is 5.10 Å². The number of rotatable bonds is 5. The van der Waals surface area contributed by atoms with E-state index in [0.717, 1.165) is 22.4 Å². The van der Waals surface area contributed by atoms with Gasteiger partial charge in [0.05, 0.1) is 16.9 Å². The third-order valence-corrected chi connectivity index (χ3v) is 4.73. The second kappa shape index (κ2) is 8.33. The Bertz CT molecular complexity index is 817. The Labute approximate surface area is 161 Å². The second-order valence-electron chi connectivity index (χ2n) is 5.97. The van der Waals surface area contributed by atoms with Crippen LogP contribution in [-0.4, -0.2) is 24.3 Å². The van der Waals surface area contributed by atoms with Gasteiger partial charge < -0.3 is 9.84 Å². The fourth-order valence-electron chi connectivity index (χ4n) is 2.36. The van der Waals surface area contributed by atoms with Crippen LogP contribution in [0.4, 0.5) is 0 Å². The van der Waals surface area contributed by atoms with Crippen LogP contribution in [0.5, 0.6) is 11.5 Å². The first-order valence-corrected chi connectivity index (χ1v) is 8.91. The van der Waals surface area contributed by atoms with Crippen molar-refractivity contribution in [1.82, 2.24) is 5.43 Å². The number of nitrogens with zero attached hydrogens (tertiary/aromatic N) is 1. The number of nitrogens with one attached hydrogen (secondary N) is 1. The van der Waals surface area contributed by atoms with Gasteiger partial charge in [-0.05, 0) is 82.5 Å². The van der Waals surface area contributed by atoms with Crippen molar-refractivity contribution in [2.45, 2.75) is 26.7 Å². The van der Waals surface area contributed by atoms with E-state index in [4.69, 9.17) is 4.74 Å². The molecule has 2 aromatic carbocycles. The summed E-state index contributed by atoms with van der Waals surface area (Å²) in [5.41, 5.74) is 5.84. The average molecular weight is 452 g/mol. The largest absolute Gasteiger partial charge is 0.507 e. The molecule has 0 fully saturated rings. The molecule has 0 radical (unpaired) electrons. The summed E-state index contributed by atoms with van der Waals surface area (Å²) in [7, 11) is 1.66. The Morgan fingerprint density at radius 2 is 2.04 bits per heavy atom. The van der Waals surface area contributed by atoms with Crippen molar-refractivity contribution in [3.8, 4) is 11.5 Å². The number of ether oxygens (including phenoxy) is 1. The topological polar surface area (TPSA) is 70.9 Å². The molecule has 0 saturated heterocycles. The van der Waals surface area contributed by atoms with Crippen molar-refractivity contribution in [1.29, 1.82) is 0 Å². The number of hydrogen-bond donors (Lipinski definition) is 2. The number of phenolic OH excluding ortho intramolecular Hbond substituents is 1. The van der Waals surface area contributed by atoms with Gasteiger partial charge in [0.25, 0.3) is 5.91 Å². The van der Waals surface area contributed by atoms with Gasteiger partial charge in [-0.15, -0.1) is 0 Å². The lowest BCUT2D eigenvalue weighted by Crippen LogP contribution is -2.17. The lowest BCUT2D eigenvalue weighted by atomic mass is 9.97. The fourth-order valence-corrected chi connectivity index (χ4v) is 2.70. The lowest BCUT2D eigenvalue weighted by molar-refractivity contribution is 0.0954. The maximum absolute atomic E-state index is 12.1. The number of amides is 1. The molecule has 2 aromatic rings. The van der Waals surface area contributed by atoms with Crippen LogP contribution in [0, 0.1) is 10.5 Å². The van der Waals surface area contributed by atoms with Crippen LogP contribution in [0.1, 0.15) is 46.8 Å². The summed E-state index contributed by atoms with van der Waals surface area (Å²) in [5.74, 6) is 0.859. The predicted octanol–water partition coefficient (Wildman–Crippen LogP) is 4.20. The highest BCUT2D eigenvalue weighted by Gasteiger charge is 2.11. The highest BCUT2D eigenvalue weighted by Crippen LogP contribution is 2.29. The summed E-state index contributed by atoms with van der Waals surface area (Å²) >= 11 is 2.00. The monoisotopic (exact) mass is 452 g/mol. The van der Waals surface area contributed by atoms with Gasteiger partial charge in [-0.3, -0.25) is 4.79 Å². The van der Waals surface area contributed by atoms with E-state index in [-0.39, 0.29) is 11.7 Å². The van der Waals surface area contributed by atoms with E-state index < -0.39 is 0 Å². The predicted molar refractivity (Wildman–Crippen MR) is 108 cm³/mol.